The Balaban J connectivity index is 3.80. The molecule has 0 heterocycles. The highest BCUT2D eigenvalue weighted by molar-refractivity contribution is 5.77. The van der Waals surface area contributed by atoms with Crippen LogP contribution in [-0.4, -0.2) is 11.3 Å². The van der Waals surface area contributed by atoms with Gasteiger partial charge in [0.25, 0.3) is 0 Å². The second kappa shape index (κ2) is 3.15. The van der Waals surface area contributed by atoms with E-state index in [2.05, 4.69) is 0 Å². The maximum absolute atomic E-state index is 10.8. The van der Waals surface area contributed by atoms with Crippen molar-refractivity contribution in [2.75, 3.05) is 0 Å². The molecule has 0 aromatic rings. The Bertz CT molecular complexity index is 124. The molecule has 0 aromatic carbocycles. The molecule has 0 bridgehead atoms. The number of carbonyl (C=O) groups excluding carboxylic acids is 1. The van der Waals surface area contributed by atoms with E-state index >= 15 is 0 Å². The summed E-state index contributed by atoms with van der Waals surface area (Å²) in [4.78, 5) is 10.8. The molecule has 2 N–H and O–H groups in total. The molecule has 0 radical (unpaired) electrons. The van der Waals surface area contributed by atoms with Crippen LogP contribution in [-0.2, 0) is 4.79 Å². The average Bonchev–Trinajstić information content (AvgIpc) is 1.60. The summed E-state index contributed by atoms with van der Waals surface area (Å²) in [7, 11) is 0. The van der Waals surface area contributed by atoms with Gasteiger partial charge >= 0.3 is 0 Å². The van der Waals surface area contributed by atoms with E-state index < -0.39 is 0 Å². The van der Waals surface area contributed by atoms with Crippen LogP contribution < -0.4 is 5.73 Å². The molecule has 0 spiro atoms. The van der Waals surface area contributed by atoms with Crippen LogP contribution >= 0.6 is 0 Å². The lowest BCUT2D eigenvalue weighted by Crippen LogP contribution is -2.35. The summed E-state index contributed by atoms with van der Waals surface area (Å²) in [5, 5.41) is 0. The first-order chi connectivity index (χ1) is 4.33. The fourth-order valence-electron chi connectivity index (χ4n) is 0.933. The van der Waals surface area contributed by atoms with Gasteiger partial charge in [0.2, 0.25) is 0 Å². The van der Waals surface area contributed by atoms with E-state index in [0.717, 1.165) is 6.42 Å². The van der Waals surface area contributed by atoms with Crippen molar-refractivity contribution in [1.29, 1.82) is 0 Å². The molecule has 0 aliphatic heterocycles. The zero-order chi connectivity index (χ0) is 8.36. The van der Waals surface area contributed by atoms with Crippen LogP contribution in [0.1, 0.15) is 34.1 Å². The minimum Gasteiger partial charge on any atom is -0.326 e. The Morgan fingerprint density at radius 2 is 2.00 bits per heavy atom. The van der Waals surface area contributed by atoms with E-state index in [0.29, 0.717) is 0 Å². The zero-order valence-electron chi connectivity index (χ0n) is 7.27. The van der Waals surface area contributed by atoms with Crippen LogP contribution in [0.3, 0.4) is 0 Å². The van der Waals surface area contributed by atoms with Gasteiger partial charge in [-0.2, -0.15) is 0 Å². The van der Waals surface area contributed by atoms with Crippen molar-refractivity contribution in [2.24, 2.45) is 11.7 Å². The predicted octanol–water partition coefficient (Wildman–Crippen LogP) is 1.34. The summed E-state index contributed by atoms with van der Waals surface area (Å²) >= 11 is 0. The van der Waals surface area contributed by atoms with Crippen LogP contribution in [0, 0.1) is 5.92 Å². The molecule has 1 atom stereocenters. The highest BCUT2D eigenvalue weighted by Crippen LogP contribution is 2.13. The minimum atomic E-state index is -0.217. The third-order valence-electron chi connectivity index (χ3n) is 1.53. The predicted molar refractivity (Wildman–Crippen MR) is 42.7 cm³/mol. The van der Waals surface area contributed by atoms with Crippen molar-refractivity contribution in [1.82, 2.24) is 0 Å². The lowest BCUT2D eigenvalue weighted by Gasteiger charge is -2.21. The van der Waals surface area contributed by atoms with Crippen LogP contribution in [0.15, 0.2) is 0 Å². The molecule has 0 aliphatic rings. The van der Waals surface area contributed by atoms with E-state index in [1.807, 2.05) is 20.8 Å². The van der Waals surface area contributed by atoms with Crippen molar-refractivity contribution in [3.8, 4) is 0 Å². The first-order valence-corrected chi connectivity index (χ1v) is 3.62. The molecule has 0 aromatic heterocycles. The maximum Gasteiger partial charge on any atom is 0.132 e. The number of ketones is 1. The number of carbonyl (C=O) groups is 1. The van der Waals surface area contributed by atoms with Gasteiger partial charge in [0.1, 0.15) is 5.78 Å². The van der Waals surface area contributed by atoms with Gasteiger partial charge in [0.15, 0.2) is 0 Å². The van der Waals surface area contributed by atoms with Crippen molar-refractivity contribution in [3.63, 3.8) is 0 Å². The van der Waals surface area contributed by atoms with E-state index in [-0.39, 0.29) is 17.2 Å². The van der Waals surface area contributed by atoms with E-state index in [1.165, 1.54) is 0 Å². The van der Waals surface area contributed by atoms with Crippen molar-refractivity contribution in [3.05, 3.63) is 0 Å². The SMILES string of the molecule is CC(=O)[C@@H](C)CC(C)(C)N. The molecule has 0 amide bonds. The second-order valence-electron chi connectivity index (χ2n) is 3.70. The van der Waals surface area contributed by atoms with Gasteiger partial charge in [-0.05, 0) is 27.2 Å². The third kappa shape index (κ3) is 4.50. The van der Waals surface area contributed by atoms with Crippen LogP contribution in [0.25, 0.3) is 0 Å². The summed E-state index contributed by atoms with van der Waals surface area (Å²) in [5.74, 6) is 0.318. The second-order valence-corrected chi connectivity index (χ2v) is 3.70. The van der Waals surface area contributed by atoms with Gasteiger partial charge in [-0.25, -0.2) is 0 Å². The molecule has 60 valence electrons. The first-order valence-electron chi connectivity index (χ1n) is 3.62. The van der Waals surface area contributed by atoms with Crippen molar-refractivity contribution in [2.45, 2.75) is 39.7 Å². The molecule has 0 unspecified atom stereocenters. The normalized spacial score (nSPS) is 14.9. The molecule has 0 fully saturated rings. The Kier molecular flexibility index (Phi) is 3.03. The zero-order valence-corrected chi connectivity index (χ0v) is 7.27. The molecule has 10 heavy (non-hydrogen) atoms. The summed E-state index contributed by atoms with van der Waals surface area (Å²) < 4.78 is 0. The monoisotopic (exact) mass is 143 g/mol. The average molecular weight is 143 g/mol. The van der Waals surface area contributed by atoms with Gasteiger partial charge in [-0.1, -0.05) is 6.92 Å². The Hall–Kier alpha value is -0.370. The number of hydrogen-bond acceptors (Lipinski definition) is 2. The van der Waals surface area contributed by atoms with E-state index in [4.69, 9.17) is 5.73 Å². The molecule has 0 saturated carbocycles. The van der Waals surface area contributed by atoms with Gasteiger partial charge in [0.05, 0.1) is 0 Å². The summed E-state index contributed by atoms with van der Waals surface area (Å²) in [6.45, 7) is 7.40. The smallest absolute Gasteiger partial charge is 0.132 e. The molecule has 0 saturated heterocycles. The molecule has 0 aliphatic carbocycles. The van der Waals surface area contributed by atoms with Gasteiger partial charge in [0, 0.05) is 11.5 Å². The quantitative estimate of drug-likeness (QED) is 0.647. The van der Waals surface area contributed by atoms with E-state index in [9.17, 15) is 4.79 Å². The fraction of sp³-hybridized carbons (Fsp3) is 0.875. The molecule has 2 heteroatoms. The Morgan fingerprint density at radius 3 is 2.10 bits per heavy atom. The number of rotatable bonds is 3. The van der Waals surface area contributed by atoms with Crippen LogP contribution in [0.2, 0.25) is 0 Å². The number of nitrogens with two attached hydrogens (primary N) is 1. The van der Waals surface area contributed by atoms with Crippen molar-refractivity contribution >= 4 is 5.78 Å². The molecule has 0 rings (SSSR count). The summed E-state index contributed by atoms with van der Waals surface area (Å²) in [6.07, 6.45) is 0.766. The van der Waals surface area contributed by atoms with Crippen LogP contribution in [0.4, 0.5) is 0 Å². The van der Waals surface area contributed by atoms with Crippen molar-refractivity contribution < 1.29 is 4.79 Å². The highest BCUT2D eigenvalue weighted by Gasteiger charge is 2.17. The fourth-order valence-corrected chi connectivity index (χ4v) is 0.933. The lowest BCUT2D eigenvalue weighted by atomic mass is 9.91. The van der Waals surface area contributed by atoms with E-state index in [1.54, 1.807) is 6.92 Å². The molecular formula is C8H17NO. The standard InChI is InChI=1S/C8H17NO/c1-6(7(2)10)5-8(3,4)9/h6H,5,9H2,1-4H3/t6-/m0/s1. The Labute approximate surface area is 62.8 Å². The number of Topliss-reactive ketones (excluding diaryl/α,β-unsaturated/α-hetero) is 1. The third-order valence-corrected chi connectivity index (χ3v) is 1.53. The topological polar surface area (TPSA) is 43.1 Å². The summed E-state index contributed by atoms with van der Waals surface area (Å²) in [6, 6.07) is 0. The molecule has 2 nitrogen and oxygen atoms in total. The Morgan fingerprint density at radius 1 is 1.60 bits per heavy atom. The van der Waals surface area contributed by atoms with Gasteiger partial charge in [-0.3, -0.25) is 4.79 Å². The highest BCUT2D eigenvalue weighted by atomic mass is 16.1. The maximum atomic E-state index is 10.8. The minimum absolute atomic E-state index is 0.0972. The van der Waals surface area contributed by atoms with Crippen LogP contribution in [0.5, 0.6) is 0 Å². The largest absolute Gasteiger partial charge is 0.326 e. The summed E-state index contributed by atoms with van der Waals surface area (Å²) in [5.41, 5.74) is 5.50. The van der Waals surface area contributed by atoms with Gasteiger partial charge in [-0.15, -0.1) is 0 Å². The lowest BCUT2D eigenvalue weighted by molar-refractivity contribution is -0.120. The first kappa shape index (κ1) is 9.63. The van der Waals surface area contributed by atoms with Gasteiger partial charge < -0.3 is 5.73 Å². The molecular weight excluding hydrogens is 126 g/mol. The number of hydrogen-bond donors (Lipinski definition) is 1.